The van der Waals surface area contributed by atoms with Crippen LogP contribution in [0.5, 0.6) is 5.75 Å². The smallest absolute Gasteiger partial charge is 0.337 e. The maximum atomic E-state index is 13.4. The van der Waals surface area contributed by atoms with Crippen LogP contribution in [0.2, 0.25) is 0 Å². The van der Waals surface area contributed by atoms with Crippen molar-refractivity contribution in [3.63, 3.8) is 0 Å². The van der Waals surface area contributed by atoms with Gasteiger partial charge in [0, 0.05) is 11.8 Å². The highest BCUT2D eigenvalue weighted by Gasteiger charge is 2.30. The lowest BCUT2D eigenvalue weighted by molar-refractivity contribution is 0.0600. The van der Waals surface area contributed by atoms with Crippen LogP contribution in [0.4, 0.5) is 15.9 Å². The number of nitrogens with one attached hydrogen (secondary N) is 1. The van der Waals surface area contributed by atoms with Gasteiger partial charge in [-0.1, -0.05) is 0 Å². The number of hydrogen-bond donors (Lipinski definition) is 1. The molecule has 0 spiro atoms. The van der Waals surface area contributed by atoms with Crippen LogP contribution < -0.4 is 15.0 Å². The highest BCUT2D eigenvalue weighted by Crippen LogP contribution is 2.29. The van der Waals surface area contributed by atoms with Crippen molar-refractivity contribution >= 4 is 39.3 Å². The summed E-state index contributed by atoms with van der Waals surface area (Å²) in [5, 5.41) is 2.70. The predicted molar refractivity (Wildman–Crippen MR) is 118 cm³/mol. The molecule has 10 heteroatoms. The molecule has 1 fully saturated rings. The Morgan fingerprint density at radius 3 is 2.53 bits per heavy atom. The first-order valence-electron chi connectivity index (χ1n) is 9.61. The third-order valence-corrected chi connectivity index (χ3v) is 5.45. The molecule has 1 aliphatic heterocycles. The van der Waals surface area contributed by atoms with E-state index in [4.69, 9.17) is 4.74 Å². The predicted octanol–water partition coefficient (Wildman–Crippen LogP) is 3.68. The Morgan fingerprint density at radius 1 is 1.12 bits per heavy atom. The second-order valence-corrected chi connectivity index (χ2v) is 7.86. The zero-order valence-corrected chi connectivity index (χ0v) is 18.5. The molecule has 1 aromatic heterocycles. The first kappa shape index (κ1) is 21.7. The fraction of sp³-hybridized carbons (Fsp3) is 0.182. The SMILES string of the molecule is COC(=O)c1ccc(NC(=O)c2cnc(N3CC(Oc4cc(F)ccc4Br)C3)cn2)cc1. The minimum absolute atomic E-state index is 0.106. The fourth-order valence-electron chi connectivity index (χ4n) is 3.05. The average molecular weight is 501 g/mol. The average Bonchev–Trinajstić information content (AvgIpc) is 2.78. The quantitative estimate of drug-likeness (QED) is 0.515. The molecule has 8 nitrogen and oxygen atoms in total. The summed E-state index contributed by atoms with van der Waals surface area (Å²) in [6.45, 7) is 1.13. The number of hydrogen-bond acceptors (Lipinski definition) is 7. The molecule has 0 bridgehead atoms. The van der Waals surface area contributed by atoms with Crippen LogP contribution in [0, 0.1) is 5.82 Å². The third kappa shape index (κ3) is 4.86. The molecule has 1 saturated heterocycles. The highest BCUT2D eigenvalue weighted by molar-refractivity contribution is 9.10. The van der Waals surface area contributed by atoms with Crippen molar-refractivity contribution in [3.05, 3.63) is 76.4 Å². The van der Waals surface area contributed by atoms with Crippen LogP contribution in [0.3, 0.4) is 0 Å². The van der Waals surface area contributed by atoms with Crippen molar-refractivity contribution in [1.29, 1.82) is 0 Å². The van der Waals surface area contributed by atoms with Crippen molar-refractivity contribution in [2.45, 2.75) is 6.10 Å². The van der Waals surface area contributed by atoms with Crippen LogP contribution in [-0.2, 0) is 4.74 Å². The summed E-state index contributed by atoms with van der Waals surface area (Å²) >= 11 is 3.34. The zero-order chi connectivity index (χ0) is 22.7. The molecule has 1 aliphatic rings. The molecule has 0 radical (unpaired) electrons. The Morgan fingerprint density at radius 2 is 1.88 bits per heavy atom. The summed E-state index contributed by atoms with van der Waals surface area (Å²) in [6.07, 6.45) is 2.81. The topological polar surface area (TPSA) is 93.6 Å². The van der Waals surface area contributed by atoms with E-state index in [1.54, 1.807) is 30.3 Å². The molecule has 2 heterocycles. The molecule has 3 aromatic rings. The fourth-order valence-corrected chi connectivity index (χ4v) is 3.39. The molecule has 32 heavy (non-hydrogen) atoms. The van der Waals surface area contributed by atoms with Crippen molar-refractivity contribution in [3.8, 4) is 5.75 Å². The molecular formula is C22H18BrFN4O4. The van der Waals surface area contributed by atoms with E-state index in [0.717, 1.165) is 0 Å². The van der Waals surface area contributed by atoms with E-state index in [9.17, 15) is 14.0 Å². The van der Waals surface area contributed by atoms with Crippen molar-refractivity contribution < 1.29 is 23.5 Å². The number of amides is 1. The summed E-state index contributed by atoms with van der Waals surface area (Å²) in [4.78, 5) is 34.3. The van der Waals surface area contributed by atoms with Crippen LogP contribution in [0.25, 0.3) is 0 Å². The molecule has 4 rings (SSSR count). The van der Waals surface area contributed by atoms with Crippen LogP contribution in [0.15, 0.2) is 59.3 Å². The number of ether oxygens (including phenoxy) is 2. The molecule has 2 aromatic carbocycles. The van der Waals surface area contributed by atoms with Crippen LogP contribution >= 0.6 is 15.9 Å². The van der Waals surface area contributed by atoms with Crippen molar-refractivity contribution in [1.82, 2.24) is 9.97 Å². The lowest BCUT2D eigenvalue weighted by atomic mass is 10.1. The van der Waals surface area contributed by atoms with Gasteiger partial charge < -0.3 is 19.7 Å². The van der Waals surface area contributed by atoms with E-state index in [1.807, 2.05) is 4.90 Å². The number of methoxy groups -OCH3 is 1. The minimum Gasteiger partial charge on any atom is -0.485 e. The van der Waals surface area contributed by atoms with E-state index < -0.39 is 11.9 Å². The lowest BCUT2D eigenvalue weighted by Crippen LogP contribution is -2.54. The summed E-state index contributed by atoms with van der Waals surface area (Å²) in [6, 6.07) is 10.6. The minimum atomic E-state index is -0.452. The second-order valence-electron chi connectivity index (χ2n) is 7.00. The van der Waals surface area contributed by atoms with E-state index in [2.05, 4.69) is 36.0 Å². The highest BCUT2D eigenvalue weighted by atomic mass is 79.9. The van der Waals surface area contributed by atoms with Gasteiger partial charge in [-0.15, -0.1) is 0 Å². The van der Waals surface area contributed by atoms with Gasteiger partial charge in [-0.2, -0.15) is 0 Å². The van der Waals surface area contributed by atoms with E-state index in [-0.39, 0.29) is 17.6 Å². The second kappa shape index (κ2) is 9.31. The maximum Gasteiger partial charge on any atom is 0.337 e. The Balaban J connectivity index is 1.31. The summed E-state index contributed by atoms with van der Waals surface area (Å²) < 4.78 is 24.5. The van der Waals surface area contributed by atoms with Crippen molar-refractivity contribution in [2.24, 2.45) is 0 Å². The standard InChI is InChI=1S/C22H18BrFN4O4/c1-31-22(30)13-2-5-15(6-3-13)27-21(29)18-9-26-20(10-25-18)28-11-16(12-28)32-19-8-14(24)4-7-17(19)23/h2-10,16H,11-12H2,1H3,(H,27,29). The summed E-state index contributed by atoms with van der Waals surface area (Å²) in [7, 11) is 1.30. The molecule has 1 N–H and O–H groups in total. The number of carbonyl (C=O) groups excluding carboxylic acids is 2. The van der Waals surface area contributed by atoms with Gasteiger partial charge in [0.25, 0.3) is 5.91 Å². The number of esters is 1. The van der Waals surface area contributed by atoms with Gasteiger partial charge in [-0.3, -0.25) is 4.79 Å². The first-order valence-corrected chi connectivity index (χ1v) is 10.4. The van der Waals surface area contributed by atoms with Gasteiger partial charge in [-0.25, -0.2) is 19.2 Å². The van der Waals surface area contributed by atoms with Gasteiger partial charge >= 0.3 is 5.97 Å². The third-order valence-electron chi connectivity index (χ3n) is 4.79. The number of aromatic nitrogens is 2. The number of anilines is 2. The Bertz CT molecular complexity index is 1140. The number of benzene rings is 2. The van der Waals surface area contributed by atoms with Gasteiger partial charge in [0.15, 0.2) is 0 Å². The maximum absolute atomic E-state index is 13.4. The number of nitrogens with zero attached hydrogens (tertiary/aromatic N) is 3. The van der Waals surface area contributed by atoms with Crippen LogP contribution in [0.1, 0.15) is 20.8 Å². The van der Waals surface area contributed by atoms with E-state index in [0.29, 0.717) is 40.4 Å². The molecular weight excluding hydrogens is 483 g/mol. The molecule has 0 atom stereocenters. The lowest BCUT2D eigenvalue weighted by Gasteiger charge is -2.39. The van der Waals surface area contributed by atoms with Crippen LogP contribution in [-0.4, -0.2) is 48.1 Å². The summed E-state index contributed by atoms with van der Waals surface area (Å²) in [5.74, 6) is -0.171. The van der Waals surface area contributed by atoms with Crippen molar-refractivity contribution in [2.75, 3.05) is 30.4 Å². The Hall–Kier alpha value is -3.53. The monoisotopic (exact) mass is 500 g/mol. The molecule has 0 unspecified atom stereocenters. The van der Waals surface area contributed by atoms with Gasteiger partial charge in [0.05, 0.1) is 42.6 Å². The molecule has 0 aliphatic carbocycles. The number of carbonyl (C=O) groups is 2. The Labute approximate surface area is 191 Å². The van der Waals surface area contributed by atoms with E-state index >= 15 is 0 Å². The Kier molecular flexibility index (Phi) is 6.31. The largest absolute Gasteiger partial charge is 0.485 e. The van der Waals surface area contributed by atoms with Gasteiger partial charge in [-0.05, 0) is 52.3 Å². The van der Waals surface area contributed by atoms with Gasteiger partial charge in [0.1, 0.15) is 29.2 Å². The summed E-state index contributed by atoms with van der Waals surface area (Å²) in [5.41, 5.74) is 1.05. The normalized spacial score (nSPS) is 13.3. The number of halogens is 2. The first-order chi connectivity index (χ1) is 15.4. The zero-order valence-electron chi connectivity index (χ0n) is 16.9. The molecule has 0 saturated carbocycles. The number of rotatable bonds is 6. The van der Waals surface area contributed by atoms with Gasteiger partial charge in [0.2, 0.25) is 0 Å². The molecule has 164 valence electrons. The molecule has 1 amide bonds. The van der Waals surface area contributed by atoms with E-state index in [1.165, 1.54) is 31.6 Å².